The molecule has 1 saturated carbocycles. The fourth-order valence-electron chi connectivity index (χ4n) is 1.83. The molecule has 2 N–H and O–H groups in total. The van der Waals surface area contributed by atoms with Crippen LogP contribution in [0.3, 0.4) is 0 Å². The molecule has 1 aliphatic carbocycles. The molecule has 0 atom stereocenters. The Balaban J connectivity index is 2.22. The van der Waals surface area contributed by atoms with Crippen LogP contribution in [0.15, 0.2) is 0 Å². The number of rotatable bonds is 6. The lowest BCUT2D eigenvalue weighted by Gasteiger charge is -2.27. The van der Waals surface area contributed by atoms with Gasteiger partial charge in [0.25, 0.3) is 0 Å². The van der Waals surface area contributed by atoms with Crippen LogP contribution in [0.2, 0.25) is 0 Å². The number of likely N-dealkylation sites (N-methyl/N-ethyl adjacent to an activating group) is 1. The van der Waals surface area contributed by atoms with Gasteiger partial charge in [0.15, 0.2) is 0 Å². The molecule has 14 heavy (non-hydrogen) atoms. The van der Waals surface area contributed by atoms with E-state index in [2.05, 4.69) is 38.3 Å². The standard InChI is InChI=1S/C12H26N2/c1-10(2)12(6-7-12)9-14-8-11(3,4)13-5/h10,13-14H,6-9H2,1-5H3. The first-order chi connectivity index (χ1) is 6.42. The lowest BCUT2D eigenvalue weighted by atomic mass is 9.92. The average molecular weight is 198 g/mol. The molecule has 84 valence electrons. The molecule has 2 nitrogen and oxygen atoms in total. The smallest absolute Gasteiger partial charge is 0.0246 e. The minimum absolute atomic E-state index is 0.215. The summed E-state index contributed by atoms with van der Waals surface area (Å²) in [6.07, 6.45) is 2.83. The quantitative estimate of drug-likeness (QED) is 0.682. The van der Waals surface area contributed by atoms with Gasteiger partial charge in [0.05, 0.1) is 0 Å². The molecule has 0 spiro atoms. The zero-order chi connectivity index (χ0) is 10.8. The second kappa shape index (κ2) is 4.19. The minimum atomic E-state index is 0.215. The topological polar surface area (TPSA) is 24.1 Å². The first-order valence-electron chi connectivity index (χ1n) is 5.81. The SMILES string of the molecule is CNC(C)(C)CNCC1(C(C)C)CC1. The van der Waals surface area contributed by atoms with Crippen molar-refractivity contribution in [1.29, 1.82) is 0 Å². The Kier molecular flexibility index (Phi) is 3.59. The summed E-state index contributed by atoms with van der Waals surface area (Å²) in [5, 5.41) is 6.91. The molecule has 1 fully saturated rings. The van der Waals surface area contributed by atoms with Crippen molar-refractivity contribution in [2.45, 2.75) is 46.1 Å². The monoisotopic (exact) mass is 198 g/mol. The van der Waals surface area contributed by atoms with Gasteiger partial charge in [-0.15, -0.1) is 0 Å². The van der Waals surface area contributed by atoms with E-state index in [0.29, 0.717) is 5.41 Å². The highest BCUT2D eigenvalue weighted by molar-refractivity contribution is 4.97. The first-order valence-corrected chi connectivity index (χ1v) is 5.81. The maximum Gasteiger partial charge on any atom is 0.0246 e. The van der Waals surface area contributed by atoms with Gasteiger partial charge < -0.3 is 10.6 Å². The lowest BCUT2D eigenvalue weighted by Crippen LogP contribution is -2.47. The van der Waals surface area contributed by atoms with Gasteiger partial charge in [-0.25, -0.2) is 0 Å². The second-order valence-corrected chi connectivity index (χ2v) is 5.75. The van der Waals surface area contributed by atoms with E-state index in [1.54, 1.807) is 0 Å². The number of hydrogen-bond donors (Lipinski definition) is 2. The molecule has 0 aliphatic heterocycles. The summed E-state index contributed by atoms with van der Waals surface area (Å²) in [5.41, 5.74) is 0.844. The second-order valence-electron chi connectivity index (χ2n) is 5.75. The van der Waals surface area contributed by atoms with E-state index < -0.39 is 0 Å². The zero-order valence-electron chi connectivity index (χ0n) is 10.4. The average Bonchev–Trinajstić information content (AvgIpc) is 2.85. The summed E-state index contributed by atoms with van der Waals surface area (Å²) >= 11 is 0. The highest BCUT2D eigenvalue weighted by Crippen LogP contribution is 2.51. The molecule has 0 aromatic carbocycles. The predicted octanol–water partition coefficient (Wildman–Crippen LogP) is 2.01. The van der Waals surface area contributed by atoms with Crippen LogP contribution in [0, 0.1) is 11.3 Å². The van der Waals surface area contributed by atoms with Crippen LogP contribution in [0.25, 0.3) is 0 Å². The van der Waals surface area contributed by atoms with E-state index in [4.69, 9.17) is 0 Å². The molecule has 0 heterocycles. The van der Waals surface area contributed by atoms with Crippen molar-refractivity contribution in [3.63, 3.8) is 0 Å². The Morgan fingerprint density at radius 2 is 1.86 bits per heavy atom. The van der Waals surface area contributed by atoms with Gasteiger partial charge in [0.1, 0.15) is 0 Å². The van der Waals surface area contributed by atoms with E-state index in [-0.39, 0.29) is 5.54 Å². The maximum atomic E-state index is 3.60. The molecule has 1 rings (SSSR count). The van der Waals surface area contributed by atoms with Crippen LogP contribution in [-0.4, -0.2) is 25.7 Å². The summed E-state index contributed by atoms with van der Waals surface area (Å²) in [6.45, 7) is 11.4. The molecule has 0 saturated heterocycles. The van der Waals surface area contributed by atoms with Gasteiger partial charge in [-0.2, -0.15) is 0 Å². The van der Waals surface area contributed by atoms with Crippen LogP contribution in [0.4, 0.5) is 0 Å². The molecule has 2 heteroatoms. The van der Waals surface area contributed by atoms with Crippen LogP contribution in [-0.2, 0) is 0 Å². The molecule has 0 amide bonds. The van der Waals surface area contributed by atoms with Gasteiger partial charge in [0.2, 0.25) is 0 Å². The van der Waals surface area contributed by atoms with Gasteiger partial charge in [-0.05, 0) is 45.1 Å². The van der Waals surface area contributed by atoms with Crippen molar-refractivity contribution in [3.05, 3.63) is 0 Å². The fourth-order valence-corrected chi connectivity index (χ4v) is 1.83. The number of hydrogen-bond acceptors (Lipinski definition) is 2. The van der Waals surface area contributed by atoms with Crippen LogP contribution < -0.4 is 10.6 Å². The molecule has 0 aromatic heterocycles. The van der Waals surface area contributed by atoms with Gasteiger partial charge in [0, 0.05) is 18.6 Å². The predicted molar refractivity (Wildman–Crippen MR) is 62.5 cm³/mol. The highest BCUT2D eigenvalue weighted by Gasteiger charge is 2.44. The Hall–Kier alpha value is -0.0800. The Bertz CT molecular complexity index is 181. The van der Waals surface area contributed by atoms with Gasteiger partial charge in [-0.3, -0.25) is 0 Å². The molecule has 0 radical (unpaired) electrons. The maximum absolute atomic E-state index is 3.60. The molecular formula is C12H26N2. The molecule has 0 aromatic rings. The third kappa shape index (κ3) is 2.96. The summed E-state index contributed by atoms with van der Waals surface area (Å²) in [6, 6.07) is 0. The lowest BCUT2D eigenvalue weighted by molar-refractivity contribution is 0.311. The van der Waals surface area contributed by atoms with Crippen molar-refractivity contribution in [1.82, 2.24) is 10.6 Å². The zero-order valence-corrected chi connectivity index (χ0v) is 10.4. The van der Waals surface area contributed by atoms with Crippen LogP contribution >= 0.6 is 0 Å². The van der Waals surface area contributed by atoms with Gasteiger partial charge >= 0.3 is 0 Å². The molecular weight excluding hydrogens is 172 g/mol. The largest absolute Gasteiger partial charge is 0.314 e. The van der Waals surface area contributed by atoms with E-state index in [1.165, 1.54) is 19.4 Å². The first kappa shape index (κ1) is 12.0. The van der Waals surface area contributed by atoms with E-state index in [1.807, 2.05) is 7.05 Å². The Morgan fingerprint density at radius 1 is 1.29 bits per heavy atom. The van der Waals surface area contributed by atoms with Crippen molar-refractivity contribution in [2.75, 3.05) is 20.1 Å². The minimum Gasteiger partial charge on any atom is -0.314 e. The highest BCUT2D eigenvalue weighted by atomic mass is 15.0. The summed E-state index contributed by atoms with van der Waals surface area (Å²) < 4.78 is 0. The summed E-state index contributed by atoms with van der Waals surface area (Å²) in [7, 11) is 2.02. The molecule has 0 unspecified atom stereocenters. The Morgan fingerprint density at radius 3 is 2.21 bits per heavy atom. The summed E-state index contributed by atoms with van der Waals surface area (Å²) in [4.78, 5) is 0. The third-order valence-corrected chi connectivity index (χ3v) is 3.84. The molecule has 0 bridgehead atoms. The van der Waals surface area contributed by atoms with E-state index in [0.717, 1.165) is 12.5 Å². The van der Waals surface area contributed by atoms with Crippen LogP contribution in [0.1, 0.15) is 40.5 Å². The van der Waals surface area contributed by atoms with Crippen molar-refractivity contribution in [2.24, 2.45) is 11.3 Å². The fraction of sp³-hybridized carbons (Fsp3) is 1.00. The van der Waals surface area contributed by atoms with E-state index >= 15 is 0 Å². The van der Waals surface area contributed by atoms with Crippen molar-refractivity contribution in [3.8, 4) is 0 Å². The third-order valence-electron chi connectivity index (χ3n) is 3.84. The summed E-state index contributed by atoms with van der Waals surface area (Å²) in [5.74, 6) is 0.827. The van der Waals surface area contributed by atoms with Crippen molar-refractivity contribution >= 4 is 0 Å². The van der Waals surface area contributed by atoms with Gasteiger partial charge in [-0.1, -0.05) is 13.8 Å². The molecule has 1 aliphatic rings. The number of nitrogens with one attached hydrogen (secondary N) is 2. The Labute approximate surface area is 88.8 Å². The van der Waals surface area contributed by atoms with Crippen LogP contribution in [0.5, 0.6) is 0 Å². The van der Waals surface area contributed by atoms with E-state index in [9.17, 15) is 0 Å². The van der Waals surface area contributed by atoms with Crippen molar-refractivity contribution < 1.29 is 0 Å². The normalized spacial score (nSPS) is 20.1.